The van der Waals surface area contributed by atoms with Crippen molar-refractivity contribution >= 4 is 29.8 Å². The average molecular weight is 426 g/mol. The topological polar surface area (TPSA) is 148 Å². The maximum atomic E-state index is 12.8. The lowest BCUT2D eigenvalue weighted by Crippen LogP contribution is -2.45. The molecule has 2 rings (SSSR count). The van der Waals surface area contributed by atoms with Gasteiger partial charge in [0.1, 0.15) is 6.04 Å². The third kappa shape index (κ3) is 7.42. The van der Waals surface area contributed by atoms with Crippen molar-refractivity contribution in [3.8, 4) is 0 Å². The molecule has 0 saturated heterocycles. The van der Waals surface area contributed by atoms with Crippen molar-refractivity contribution in [2.45, 2.75) is 25.8 Å². The van der Waals surface area contributed by atoms with Gasteiger partial charge in [0.2, 0.25) is 5.91 Å². The molecule has 0 saturated carbocycles. The highest BCUT2D eigenvalue weighted by molar-refractivity contribution is 5.92. The third-order valence-electron chi connectivity index (χ3n) is 4.26. The summed E-state index contributed by atoms with van der Waals surface area (Å²) in [7, 11) is 0. The van der Waals surface area contributed by atoms with Gasteiger partial charge in [-0.2, -0.15) is 5.10 Å². The van der Waals surface area contributed by atoms with E-state index in [2.05, 4.69) is 26.0 Å². The number of hydrogen-bond acceptors (Lipinski definition) is 7. The van der Waals surface area contributed by atoms with Gasteiger partial charge < -0.3 is 26.5 Å². The zero-order valence-electron chi connectivity index (χ0n) is 17.4. The quantitative estimate of drug-likeness (QED) is 0.206. The summed E-state index contributed by atoms with van der Waals surface area (Å²) in [5, 5.41) is 11.4. The molecule has 10 heteroatoms. The molecule has 164 valence electrons. The van der Waals surface area contributed by atoms with Crippen molar-refractivity contribution in [3.05, 3.63) is 59.9 Å². The number of nitrogens with two attached hydrogens (primary N) is 1. The number of nitrogens with zero attached hydrogens (tertiary/aromatic N) is 2. The van der Waals surface area contributed by atoms with Crippen LogP contribution in [0.1, 0.15) is 30.9 Å². The van der Waals surface area contributed by atoms with Crippen LogP contribution in [0.4, 0.5) is 10.5 Å². The van der Waals surface area contributed by atoms with Crippen LogP contribution in [0, 0.1) is 0 Å². The Kier molecular flexibility index (Phi) is 8.96. The van der Waals surface area contributed by atoms with Crippen LogP contribution in [0.5, 0.6) is 0 Å². The van der Waals surface area contributed by atoms with Crippen LogP contribution < -0.4 is 21.8 Å². The molecule has 31 heavy (non-hydrogen) atoms. The van der Waals surface area contributed by atoms with E-state index in [1.807, 2.05) is 0 Å². The van der Waals surface area contributed by atoms with E-state index in [-0.39, 0.29) is 13.2 Å². The number of esters is 1. The summed E-state index contributed by atoms with van der Waals surface area (Å²) >= 11 is 0. The Morgan fingerprint density at radius 1 is 1.23 bits per heavy atom. The van der Waals surface area contributed by atoms with Crippen LogP contribution >= 0.6 is 0 Å². The van der Waals surface area contributed by atoms with E-state index in [0.717, 1.165) is 5.56 Å². The summed E-state index contributed by atoms with van der Waals surface area (Å²) in [6.07, 6.45) is 4.60. The molecule has 2 atom stereocenters. The van der Waals surface area contributed by atoms with Crippen molar-refractivity contribution in [3.63, 3.8) is 0 Å². The first-order chi connectivity index (χ1) is 14.9. The van der Waals surface area contributed by atoms with Crippen LogP contribution in [0.2, 0.25) is 0 Å². The molecular weight excluding hydrogens is 400 g/mol. The zero-order chi connectivity index (χ0) is 22.6. The standard InChI is InChI=1S/C21H26N6O4/c1-3-31-20(29)14(2)26-19(28)18(16-5-4-10-23-12-16)13-24-21(30)27-17-8-6-15(7-9-17)11-25-22/h4-12,14,18H,3,13,22H2,1-2H3,(H,26,28)(H2,24,27,30). The van der Waals surface area contributed by atoms with Crippen LogP contribution in [-0.2, 0) is 14.3 Å². The smallest absolute Gasteiger partial charge is 0.328 e. The molecule has 0 aliphatic carbocycles. The van der Waals surface area contributed by atoms with Crippen molar-refractivity contribution in [1.82, 2.24) is 15.6 Å². The number of rotatable bonds is 9. The van der Waals surface area contributed by atoms with E-state index in [4.69, 9.17) is 10.6 Å². The van der Waals surface area contributed by atoms with Crippen LogP contribution in [0.3, 0.4) is 0 Å². The number of nitrogens with one attached hydrogen (secondary N) is 3. The Labute approximate surface area is 180 Å². The summed E-state index contributed by atoms with van der Waals surface area (Å²) in [6.45, 7) is 3.44. The first-order valence-electron chi connectivity index (χ1n) is 9.69. The molecule has 3 amide bonds. The summed E-state index contributed by atoms with van der Waals surface area (Å²) in [5.74, 6) is 3.39. The number of hydrazone groups is 1. The maximum absolute atomic E-state index is 12.8. The lowest BCUT2D eigenvalue weighted by Gasteiger charge is -2.20. The Morgan fingerprint density at radius 3 is 2.58 bits per heavy atom. The number of pyridine rings is 1. The van der Waals surface area contributed by atoms with Gasteiger partial charge in [0.15, 0.2) is 0 Å². The number of hydrogen-bond donors (Lipinski definition) is 4. The minimum absolute atomic E-state index is 0.00315. The predicted octanol–water partition coefficient (Wildman–Crippen LogP) is 1.35. The molecule has 1 heterocycles. The van der Waals surface area contributed by atoms with Gasteiger partial charge in [-0.1, -0.05) is 18.2 Å². The minimum Gasteiger partial charge on any atom is -0.464 e. The summed E-state index contributed by atoms with van der Waals surface area (Å²) in [4.78, 5) is 41.0. The molecule has 10 nitrogen and oxygen atoms in total. The first kappa shape index (κ1) is 23.3. The molecule has 1 aromatic heterocycles. The molecule has 1 aromatic carbocycles. The normalized spacial score (nSPS) is 12.6. The molecule has 0 aliphatic rings. The van der Waals surface area contributed by atoms with E-state index < -0.39 is 29.9 Å². The molecule has 0 bridgehead atoms. The number of anilines is 1. The maximum Gasteiger partial charge on any atom is 0.328 e. The SMILES string of the molecule is CCOC(=O)C(C)NC(=O)C(CNC(=O)Nc1ccc(C=NN)cc1)c1cccnc1. The highest BCUT2D eigenvalue weighted by atomic mass is 16.5. The van der Waals surface area contributed by atoms with E-state index in [1.54, 1.807) is 49.5 Å². The number of amides is 3. The predicted molar refractivity (Wildman–Crippen MR) is 116 cm³/mol. The lowest BCUT2D eigenvalue weighted by molar-refractivity contribution is -0.147. The van der Waals surface area contributed by atoms with E-state index in [9.17, 15) is 14.4 Å². The molecule has 0 fully saturated rings. The van der Waals surface area contributed by atoms with E-state index >= 15 is 0 Å². The first-order valence-corrected chi connectivity index (χ1v) is 9.69. The molecular formula is C21H26N6O4. The van der Waals surface area contributed by atoms with Gasteiger partial charge in [-0.25, -0.2) is 9.59 Å². The summed E-state index contributed by atoms with van der Waals surface area (Å²) < 4.78 is 4.92. The second-order valence-electron chi connectivity index (χ2n) is 6.56. The van der Waals surface area contributed by atoms with Crippen molar-refractivity contribution in [2.75, 3.05) is 18.5 Å². The average Bonchev–Trinajstić information content (AvgIpc) is 2.76. The highest BCUT2D eigenvalue weighted by Gasteiger charge is 2.25. The van der Waals surface area contributed by atoms with Gasteiger partial charge in [-0.05, 0) is 43.2 Å². The van der Waals surface area contributed by atoms with Crippen LogP contribution in [0.15, 0.2) is 53.9 Å². The Morgan fingerprint density at radius 2 is 1.97 bits per heavy atom. The zero-order valence-corrected chi connectivity index (χ0v) is 17.4. The second kappa shape index (κ2) is 11.9. The molecule has 0 spiro atoms. The number of ether oxygens (including phenoxy) is 1. The molecule has 0 aliphatic heterocycles. The van der Waals surface area contributed by atoms with Gasteiger partial charge in [0, 0.05) is 24.6 Å². The van der Waals surface area contributed by atoms with Gasteiger partial charge in [0.25, 0.3) is 0 Å². The Balaban J connectivity index is 2.01. The van der Waals surface area contributed by atoms with Gasteiger partial charge in [-0.15, -0.1) is 0 Å². The number of aromatic nitrogens is 1. The Hall–Kier alpha value is -3.95. The second-order valence-corrected chi connectivity index (χ2v) is 6.56. The molecule has 2 unspecified atom stereocenters. The fourth-order valence-electron chi connectivity index (χ4n) is 2.69. The highest BCUT2D eigenvalue weighted by Crippen LogP contribution is 2.15. The molecule has 0 radical (unpaired) electrons. The number of carbonyl (C=O) groups excluding carboxylic acids is 3. The fourth-order valence-corrected chi connectivity index (χ4v) is 2.69. The van der Waals surface area contributed by atoms with Crippen LogP contribution in [0.25, 0.3) is 0 Å². The van der Waals surface area contributed by atoms with E-state index in [1.165, 1.54) is 19.3 Å². The number of benzene rings is 1. The third-order valence-corrected chi connectivity index (χ3v) is 4.26. The number of carbonyl (C=O) groups is 3. The summed E-state index contributed by atoms with van der Waals surface area (Å²) in [6, 6.07) is 8.99. The van der Waals surface area contributed by atoms with E-state index in [0.29, 0.717) is 11.3 Å². The monoisotopic (exact) mass is 426 g/mol. The number of urea groups is 1. The van der Waals surface area contributed by atoms with Crippen molar-refractivity contribution in [2.24, 2.45) is 10.9 Å². The van der Waals surface area contributed by atoms with Crippen LogP contribution in [-0.4, -0.2) is 48.3 Å². The fraction of sp³-hybridized carbons (Fsp3) is 0.286. The van der Waals surface area contributed by atoms with Gasteiger partial charge in [0.05, 0.1) is 18.7 Å². The van der Waals surface area contributed by atoms with Gasteiger partial charge in [-0.3, -0.25) is 9.78 Å². The van der Waals surface area contributed by atoms with Crippen molar-refractivity contribution in [1.29, 1.82) is 0 Å². The largest absolute Gasteiger partial charge is 0.464 e. The minimum atomic E-state index is -0.823. The molecule has 2 aromatic rings. The van der Waals surface area contributed by atoms with Gasteiger partial charge >= 0.3 is 12.0 Å². The lowest BCUT2D eigenvalue weighted by atomic mass is 9.99. The Bertz CT molecular complexity index is 902. The van der Waals surface area contributed by atoms with Crippen molar-refractivity contribution < 1.29 is 19.1 Å². The summed E-state index contributed by atoms with van der Waals surface area (Å²) in [5.41, 5.74) is 1.95. The molecule has 5 N–H and O–H groups in total.